The van der Waals surface area contributed by atoms with E-state index >= 15 is 0 Å². The molecule has 1 atom stereocenters. The Labute approximate surface area is 112 Å². The van der Waals surface area contributed by atoms with E-state index in [4.69, 9.17) is 0 Å². The van der Waals surface area contributed by atoms with E-state index < -0.39 is 0 Å². The fraction of sp³-hybridized carbons (Fsp3) is 0.938. The molecule has 2 nitrogen and oxygen atoms in total. The van der Waals surface area contributed by atoms with E-state index in [1.165, 1.54) is 64.2 Å². The van der Waals surface area contributed by atoms with Crippen molar-refractivity contribution in [3.05, 3.63) is 0 Å². The molecule has 104 valence electrons. The van der Waals surface area contributed by atoms with Crippen LogP contribution in [0.5, 0.6) is 0 Å². The summed E-state index contributed by atoms with van der Waals surface area (Å²) >= 11 is 0. The summed E-state index contributed by atoms with van der Waals surface area (Å²) < 4.78 is 0. The first-order chi connectivity index (χ1) is 8.76. The molecule has 1 aliphatic heterocycles. The number of aldehydes is 1. The molecule has 18 heavy (non-hydrogen) atoms. The van der Waals surface area contributed by atoms with E-state index in [-0.39, 0.29) is 5.41 Å². The molecule has 1 unspecified atom stereocenters. The van der Waals surface area contributed by atoms with Gasteiger partial charge in [-0.05, 0) is 39.2 Å². The summed E-state index contributed by atoms with van der Waals surface area (Å²) in [5.74, 6) is 0. The molecule has 2 heteroatoms. The maximum Gasteiger partial charge on any atom is 0.127 e. The Hall–Kier alpha value is -0.370. The predicted octanol–water partition coefficient (Wildman–Crippen LogP) is 3.79. The Bertz CT molecular complexity index is 256. The van der Waals surface area contributed by atoms with Crippen LogP contribution >= 0.6 is 0 Å². The third-order valence-electron chi connectivity index (χ3n) is 5.06. The van der Waals surface area contributed by atoms with Gasteiger partial charge in [0.2, 0.25) is 0 Å². The maximum atomic E-state index is 11.7. The molecule has 2 aliphatic rings. The first-order valence-electron chi connectivity index (χ1n) is 7.96. The Morgan fingerprint density at radius 1 is 1.06 bits per heavy atom. The van der Waals surface area contributed by atoms with Gasteiger partial charge in [-0.3, -0.25) is 4.90 Å². The van der Waals surface area contributed by atoms with Gasteiger partial charge < -0.3 is 4.79 Å². The molecule has 1 saturated heterocycles. The smallest absolute Gasteiger partial charge is 0.127 e. The van der Waals surface area contributed by atoms with E-state index in [1.807, 2.05) is 0 Å². The van der Waals surface area contributed by atoms with Crippen LogP contribution in [0.25, 0.3) is 0 Å². The quantitative estimate of drug-likeness (QED) is 0.562. The second kappa shape index (κ2) is 6.70. The molecule has 0 radical (unpaired) electrons. The topological polar surface area (TPSA) is 20.3 Å². The van der Waals surface area contributed by atoms with Crippen molar-refractivity contribution in [1.82, 2.24) is 4.90 Å². The third kappa shape index (κ3) is 3.57. The largest absolute Gasteiger partial charge is 0.303 e. The summed E-state index contributed by atoms with van der Waals surface area (Å²) in [4.78, 5) is 14.3. The summed E-state index contributed by atoms with van der Waals surface area (Å²) in [6, 6.07) is 0.674. The zero-order valence-corrected chi connectivity index (χ0v) is 12.0. The highest BCUT2D eigenvalue weighted by atomic mass is 16.1. The first-order valence-corrected chi connectivity index (χ1v) is 7.96. The standard InChI is InChI=1S/C16H29NO/c1-15-9-5-4-8-12-17(15)13-16(14-18)10-6-2-3-7-11-16/h14-15H,2-13H2,1H3. The highest BCUT2D eigenvalue weighted by Crippen LogP contribution is 2.35. The minimum absolute atomic E-state index is 0.0187. The van der Waals surface area contributed by atoms with Gasteiger partial charge >= 0.3 is 0 Å². The third-order valence-corrected chi connectivity index (χ3v) is 5.06. The lowest BCUT2D eigenvalue weighted by atomic mass is 9.81. The zero-order valence-electron chi connectivity index (χ0n) is 12.0. The fourth-order valence-corrected chi connectivity index (χ4v) is 3.72. The van der Waals surface area contributed by atoms with Crippen molar-refractivity contribution in [3.8, 4) is 0 Å². The summed E-state index contributed by atoms with van der Waals surface area (Å²) in [6.07, 6.45) is 14.1. The van der Waals surface area contributed by atoms with Crippen LogP contribution in [0.1, 0.15) is 71.1 Å². The first kappa shape index (κ1) is 14.0. The van der Waals surface area contributed by atoms with Crippen LogP contribution < -0.4 is 0 Å². The van der Waals surface area contributed by atoms with Crippen molar-refractivity contribution in [2.24, 2.45) is 5.41 Å². The summed E-state index contributed by atoms with van der Waals surface area (Å²) in [5, 5.41) is 0. The highest BCUT2D eigenvalue weighted by molar-refractivity contribution is 5.59. The Kier molecular flexibility index (Phi) is 5.23. The number of hydrogen-bond acceptors (Lipinski definition) is 2. The maximum absolute atomic E-state index is 11.7. The highest BCUT2D eigenvalue weighted by Gasteiger charge is 2.34. The van der Waals surface area contributed by atoms with Gasteiger partial charge in [-0.2, -0.15) is 0 Å². The number of likely N-dealkylation sites (tertiary alicyclic amines) is 1. The van der Waals surface area contributed by atoms with E-state index in [0.29, 0.717) is 6.04 Å². The van der Waals surface area contributed by atoms with Crippen LogP contribution in [0, 0.1) is 5.41 Å². The Morgan fingerprint density at radius 3 is 2.39 bits per heavy atom. The normalized spacial score (nSPS) is 30.4. The number of rotatable bonds is 3. The summed E-state index contributed by atoms with van der Waals surface area (Å²) in [6.45, 7) is 4.58. The van der Waals surface area contributed by atoms with Crippen LogP contribution in [0.15, 0.2) is 0 Å². The molecule has 0 aromatic rings. The van der Waals surface area contributed by atoms with Crippen LogP contribution in [-0.4, -0.2) is 30.3 Å². The Balaban J connectivity index is 2.00. The number of hydrogen-bond donors (Lipinski definition) is 0. The van der Waals surface area contributed by atoms with Gasteiger partial charge in [0.15, 0.2) is 0 Å². The van der Waals surface area contributed by atoms with Crippen molar-refractivity contribution in [3.63, 3.8) is 0 Å². The number of nitrogens with zero attached hydrogens (tertiary/aromatic N) is 1. The molecule has 0 aromatic carbocycles. The van der Waals surface area contributed by atoms with Crippen molar-refractivity contribution in [2.75, 3.05) is 13.1 Å². The molecule has 0 aromatic heterocycles. The summed E-state index contributed by atoms with van der Waals surface area (Å²) in [7, 11) is 0. The molecular weight excluding hydrogens is 222 g/mol. The van der Waals surface area contributed by atoms with Gasteiger partial charge in [0, 0.05) is 18.0 Å². The van der Waals surface area contributed by atoms with E-state index in [2.05, 4.69) is 11.8 Å². The minimum atomic E-state index is -0.0187. The van der Waals surface area contributed by atoms with Gasteiger partial charge in [0.05, 0.1) is 0 Å². The fourth-order valence-electron chi connectivity index (χ4n) is 3.72. The van der Waals surface area contributed by atoms with Crippen molar-refractivity contribution in [2.45, 2.75) is 77.2 Å². The lowest BCUT2D eigenvalue weighted by molar-refractivity contribution is -0.118. The van der Waals surface area contributed by atoms with E-state index in [1.54, 1.807) is 0 Å². The summed E-state index contributed by atoms with van der Waals surface area (Å²) in [5.41, 5.74) is -0.0187. The van der Waals surface area contributed by atoms with Gasteiger partial charge in [0.1, 0.15) is 6.29 Å². The molecule has 0 N–H and O–H groups in total. The number of carbonyl (C=O) groups excluding carboxylic acids is 1. The van der Waals surface area contributed by atoms with Crippen molar-refractivity contribution >= 4 is 6.29 Å². The van der Waals surface area contributed by atoms with Gasteiger partial charge in [0.25, 0.3) is 0 Å². The van der Waals surface area contributed by atoms with Crippen LogP contribution in [0.2, 0.25) is 0 Å². The Morgan fingerprint density at radius 2 is 1.72 bits per heavy atom. The molecule has 0 spiro atoms. The molecule has 1 aliphatic carbocycles. The van der Waals surface area contributed by atoms with Crippen molar-refractivity contribution in [1.29, 1.82) is 0 Å². The molecule has 0 bridgehead atoms. The molecule has 0 amide bonds. The average molecular weight is 251 g/mol. The van der Waals surface area contributed by atoms with Gasteiger partial charge in [-0.1, -0.05) is 38.5 Å². The van der Waals surface area contributed by atoms with E-state index in [0.717, 1.165) is 19.4 Å². The second-order valence-electron chi connectivity index (χ2n) is 6.56. The lowest BCUT2D eigenvalue weighted by Crippen LogP contribution is -2.43. The number of carbonyl (C=O) groups is 1. The SMILES string of the molecule is CC1CCCCCN1CC1(C=O)CCCCCC1. The van der Waals surface area contributed by atoms with Crippen LogP contribution in [0.4, 0.5) is 0 Å². The monoisotopic (exact) mass is 251 g/mol. The minimum Gasteiger partial charge on any atom is -0.303 e. The molecule has 2 rings (SSSR count). The molecule has 1 saturated carbocycles. The van der Waals surface area contributed by atoms with E-state index in [9.17, 15) is 4.79 Å². The van der Waals surface area contributed by atoms with Crippen LogP contribution in [-0.2, 0) is 4.79 Å². The second-order valence-corrected chi connectivity index (χ2v) is 6.56. The zero-order chi connectivity index (χ0) is 12.8. The van der Waals surface area contributed by atoms with Crippen molar-refractivity contribution < 1.29 is 4.79 Å². The lowest BCUT2D eigenvalue weighted by Gasteiger charge is -2.36. The molecule has 2 fully saturated rings. The van der Waals surface area contributed by atoms with Crippen LogP contribution in [0.3, 0.4) is 0 Å². The predicted molar refractivity (Wildman–Crippen MR) is 75.7 cm³/mol. The van der Waals surface area contributed by atoms with Gasteiger partial charge in [-0.15, -0.1) is 0 Å². The van der Waals surface area contributed by atoms with Gasteiger partial charge in [-0.25, -0.2) is 0 Å². The molecule has 1 heterocycles. The molecular formula is C16H29NO. The average Bonchev–Trinajstić information content (AvgIpc) is 2.73.